The van der Waals surface area contributed by atoms with Crippen molar-refractivity contribution >= 4 is 0 Å². The van der Waals surface area contributed by atoms with Crippen LogP contribution in [0.2, 0.25) is 0 Å². The first-order valence-corrected chi connectivity index (χ1v) is 5.31. The number of aromatic nitrogens is 5. The molecule has 2 heterocycles. The molecule has 0 bridgehead atoms. The van der Waals surface area contributed by atoms with E-state index in [1.165, 1.54) is 0 Å². The summed E-state index contributed by atoms with van der Waals surface area (Å²) in [5, 5.41) is 15.4. The van der Waals surface area contributed by atoms with Crippen LogP contribution in [-0.2, 0) is 19.6 Å². The number of hydrogen-bond donors (Lipinski definition) is 1. The van der Waals surface area contributed by atoms with Gasteiger partial charge in [-0.25, -0.2) is 0 Å². The maximum absolute atomic E-state index is 4.31. The zero-order valence-corrected chi connectivity index (χ0v) is 9.59. The summed E-state index contributed by atoms with van der Waals surface area (Å²) in [6.45, 7) is 4.34. The Bertz CT molecular complexity index is 444. The van der Waals surface area contributed by atoms with Crippen LogP contribution in [0.15, 0.2) is 18.5 Å². The third-order valence-electron chi connectivity index (χ3n) is 2.28. The molecule has 6 nitrogen and oxygen atoms in total. The van der Waals surface area contributed by atoms with Gasteiger partial charge in [0.1, 0.15) is 0 Å². The molecule has 6 heteroatoms. The number of nitrogens with one attached hydrogen (secondary N) is 1. The second-order valence-corrected chi connectivity index (χ2v) is 3.72. The minimum absolute atomic E-state index is 0.751. The summed E-state index contributed by atoms with van der Waals surface area (Å²) < 4.78 is 3.75. The van der Waals surface area contributed by atoms with Crippen molar-refractivity contribution in [3.63, 3.8) is 0 Å². The van der Waals surface area contributed by atoms with E-state index in [0.717, 1.165) is 31.0 Å². The predicted octanol–water partition coefficient (Wildman–Crippen LogP) is 0.203. The molecule has 2 rings (SSSR count). The monoisotopic (exact) mass is 220 g/mol. The van der Waals surface area contributed by atoms with E-state index < -0.39 is 0 Å². The summed E-state index contributed by atoms with van der Waals surface area (Å²) in [5.41, 5.74) is 1.99. The maximum atomic E-state index is 4.31. The summed E-state index contributed by atoms with van der Waals surface area (Å²) in [6, 6.07) is 1.99. The van der Waals surface area contributed by atoms with Crippen LogP contribution in [0.3, 0.4) is 0 Å². The quantitative estimate of drug-likeness (QED) is 0.782. The number of aryl methyl sites for hydroxylation is 3. The average molecular weight is 220 g/mol. The molecule has 1 N–H and O–H groups in total. The average Bonchev–Trinajstić information content (AvgIpc) is 2.85. The Kier molecular flexibility index (Phi) is 3.31. The highest BCUT2D eigenvalue weighted by molar-refractivity contribution is 4.95. The zero-order valence-electron chi connectivity index (χ0n) is 9.59. The molecule has 2 aromatic heterocycles. The molecule has 16 heavy (non-hydrogen) atoms. The Labute approximate surface area is 94.3 Å². The van der Waals surface area contributed by atoms with Crippen LogP contribution in [-0.4, -0.2) is 31.8 Å². The molecular weight excluding hydrogens is 204 g/mol. The molecule has 0 radical (unpaired) electrons. The molecule has 0 spiro atoms. The van der Waals surface area contributed by atoms with Crippen LogP contribution >= 0.6 is 0 Å². The summed E-state index contributed by atoms with van der Waals surface area (Å²) in [4.78, 5) is 0. The summed E-state index contributed by atoms with van der Waals surface area (Å²) in [7, 11) is 1.89. The van der Waals surface area contributed by atoms with Crippen molar-refractivity contribution in [1.29, 1.82) is 0 Å². The van der Waals surface area contributed by atoms with E-state index in [4.69, 9.17) is 0 Å². The molecule has 0 unspecified atom stereocenters. The number of rotatable bonds is 5. The third-order valence-corrected chi connectivity index (χ3v) is 2.28. The minimum atomic E-state index is 0.751. The van der Waals surface area contributed by atoms with Gasteiger partial charge in [-0.15, -0.1) is 5.10 Å². The first-order valence-electron chi connectivity index (χ1n) is 5.31. The van der Waals surface area contributed by atoms with Gasteiger partial charge in [0.15, 0.2) is 0 Å². The van der Waals surface area contributed by atoms with Crippen molar-refractivity contribution < 1.29 is 0 Å². The fourth-order valence-electron chi connectivity index (χ4n) is 1.50. The lowest BCUT2D eigenvalue weighted by molar-refractivity contribution is 0.488. The maximum Gasteiger partial charge on any atom is 0.0964 e. The van der Waals surface area contributed by atoms with Crippen molar-refractivity contribution in [2.45, 2.75) is 26.6 Å². The Hall–Kier alpha value is -1.69. The van der Waals surface area contributed by atoms with Crippen molar-refractivity contribution in [3.05, 3.63) is 29.8 Å². The van der Waals surface area contributed by atoms with Gasteiger partial charge in [0.05, 0.1) is 24.5 Å². The molecule has 0 saturated heterocycles. The van der Waals surface area contributed by atoms with E-state index >= 15 is 0 Å². The Morgan fingerprint density at radius 2 is 2.12 bits per heavy atom. The molecular formula is C10H16N6. The first kappa shape index (κ1) is 10.8. The Balaban J connectivity index is 1.89. The van der Waals surface area contributed by atoms with Gasteiger partial charge in [-0.3, -0.25) is 9.36 Å². The first-order chi connectivity index (χ1) is 7.78. The van der Waals surface area contributed by atoms with Crippen LogP contribution in [0.5, 0.6) is 0 Å². The van der Waals surface area contributed by atoms with Crippen molar-refractivity contribution in [3.8, 4) is 0 Å². The fraction of sp³-hybridized carbons (Fsp3) is 0.500. The predicted molar refractivity (Wildman–Crippen MR) is 59.7 cm³/mol. The van der Waals surface area contributed by atoms with Crippen LogP contribution in [0.4, 0.5) is 0 Å². The van der Waals surface area contributed by atoms with Gasteiger partial charge in [-0.2, -0.15) is 5.10 Å². The van der Waals surface area contributed by atoms with E-state index in [2.05, 4.69) is 20.7 Å². The Morgan fingerprint density at radius 1 is 1.31 bits per heavy atom. The van der Waals surface area contributed by atoms with E-state index in [1.54, 1.807) is 0 Å². The van der Waals surface area contributed by atoms with Crippen LogP contribution in [0, 0.1) is 6.92 Å². The second kappa shape index (κ2) is 4.89. The van der Waals surface area contributed by atoms with Crippen molar-refractivity contribution in [1.82, 2.24) is 30.1 Å². The van der Waals surface area contributed by atoms with E-state index in [1.807, 2.05) is 41.8 Å². The van der Waals surface area contributed by atoms with Crippen LogP contribution in [0.25, 0.3) is 0 Å². The Morgan fingerprint density at radius 3 is 2.81 bits per heavy atom. The van der Waals surface area contributed by atoms with Gasteiger partial charge < -0.3 is 5.32 Å². The summed E-state index contributed by atoms with van der Waals surface area (Å²) in [5.74, 6) is 0. The molecule has 0 aliphatic carbocycles. The topological polar surface area (TPSA) is 60.6 Å². The van der Waals surface area contributed by atoms with Gasteiger partial charge in [0, 0.05) is 18.9 Å². The summed E-state index contributed by atoms with van der Waals surface area (Å²) >= 11 is 0. The molecule has 0 aliphatic heterocycles. The zero-order chi connectivity index (χ0) is 11.4. The highest BCUT2D eigenvalue weighted by atomic mass is 15.4. The number of hydrogen-bond acceptors (Lipinski definition) is 4. The third kappa shape index (κ3) is 2.66. The van der Waals surface area contributed by atoms with Gasteiger partial charge in [0.25, 0.3) is 0 Å². The van der Waals surface area contributed by atoms with Crippen LogP contribution in [0.1, 0.15) is 11.4 Å². The van der Waals surface area contributed by atoms with Crippen LogP contribution < -0.4 is 5.32 Å². The van der Waals surface area contributed by atoms with Crippen molar-refractivity contribution in [2.75, 3.05) is 7.05 Å². The normalized spacial score (nSPS) is 10.9. The second-order valence-electron chi connectivity index (χ2n) is 3.72. The van der Waals surface area contributed by atoms with E-state index in [9.17, 15) is 0 Å². The lowest BCUT2D eigenvalue weighted by atomic mass is 10.5. The van der Waals surface area contributed by atoms with Gasteiger partial charge >= 0.3 is 0 Å². The van der Waals surface area contributed by atoms with E-state index in [-0.39, 0.29) is 0 Å². The molecule has 0 aliphatic rings. The van der Waals surface area contributed by atoms with Gasteiger partial charge in [-0.1, -0.05) is 5.21 Å². The SMILES string of the molecule is CNCc1cn(CCn2ccc(C)n2)nn1. The molecule has 0 aromatic carbocycles. The molecule has 0 saturated carbocycles. The highest BCUT2D eigenvalue weighted by Gasteiger charge is 2.00. The van der Waals surface area contributed by atoms with E-state index in [0.29, 0.717) is 0 Å². The standard InChI is InChI=1S/C10H16N6/c1-9-3-4-15(13-9)5-6-16-8-10(7-11-2)12-14-16/h3-4,8,11H,5-7H2,1-2H3. The molecule has 0 fully saturated rings. The van der Waals surface area contributed by atoms with Gasteiger partial charge in [0.2, 0.25) is 0 Å². The molecule has 2 aromatic rings. The highest BCUT2D eigenvalue weighted by Crippen LogP contribution is 1.96. The molecule has 0 amide bonds. The van der Waals surface area contributed by atoms with Gasteiger partial charge in [-0.05, 0) is 20.0 Å². The molecule has 0 atom stereocenters. The molecule has 86 valence electrons. The largest absolute Gasteiger partial charge is 0.314 e. The summed E-state index contributed by atoms with van der Waals surface area (Å²) in [6.07, 6.45) is 3.92. The smallest absolute Gasteiger partial charge is 0.0964 e. The van der Waals surface area contributed by atoms with Crippen molar-refractivity contribution in [2.24, 2.45) is 0 Å². The lowest BCUT2D eigenvalue weighted by Crippen LogP contribution is -2.08. The lowest BCUT2D eigenvalue weighted by Gasteiger charge is -2.00. The number of nitrogens with zero attached hydrogens (tertiary/aromatic N) is 5. The fourth-order valence-corrected chi connectivity index (χ4v) is 1.50. The minimum Gasteiger partial charge on any atom is -0.314 e.